The Bertz CT molecular complexity index is 479. The van der Waals surface area contributed by atoms with Crippen LogP contribution in [0.5, 0.6) is 0 Å². The molecule has 1 aromatic carbocycles. The standard InChI is InChI=1S/C17H24O5/c1-12-17(2,18-3)22-14-9-10-19-16(15(14)21-12)20-11-13-7-5-4-6-8-13/h4-8,12,14-16H,9-11H2,1-3H3/t12?,14-,15+,16+,17+/m1/s1. The lowest BCUT2D eigenvalue weighted by molar-refractivity contribution is -0.389. The number of methoxy groups -OCH3 is 1. The zero-order valence-electron chi connectivity index (χ0n) is 13.4. The number of hydrogen-bond donors (Lipinski definition) is 0. The summed E-state index contributed by atoms with van der Waals surface area (Å²) in [5.74, 6) is -0.720. The van der Waals surface area contributed by atoms with Gasteiger partial charge in [-0.1, -0.05) is 30.3 Å². The highest BCUT2D eigenvalue weighted by Crippen LogP contribution is 2.35. The van der Waals surface area contributed by atoms with Gasteiger partial charge in [-0.2, -0.15) is 0 Å². The van der Waals surface area contributed by atoms with E-state index in [1.165, 1.54) is 0 Å². The average molecular weight is 308 g/mol. The third kappa shape index (κ3) is 3.19. The lowest BCUT2D eigenvalue weighted by atomic mass is 10.0. The van der Waals surface area contributed by atoms with Gasteiger partial charge in [0, 0.05) is 7.11 Å². The Balaban J connectivity index is 1.64. The molecule has 122 valence electrons. The Hall–Kier alpha value is -0.980. The van der Waals surface area contributed by atoms with Crippen LogP contribution in [-0.2, 0) is 30.3 Å². The molecule has 2 saturated heterocycles. The Morgan fingerprint density at radius 2 is 2.05 bits per heavy atom. The molecule has 0 amide bonds. The normalized spacial score (nSPS) is 38.5. The molecule has 0 N–H and O–H groups in total. The lowest BCUT2D eigenvalue weighted by Crippen LogP contribution is -2.61. The van der Waals surface area contributed by atoms with Crippen molar-refractivity contribution in [2.75, 3.05) is 13.7 Å². The van der Waals surface area contributed by atoms with Crippen molar-refractivity contribution in [2.45, 2.75) is 57.3 Å². The van der Waals surface area contributed by atoms with Gasteiger partial charge in [0.1, 0.15) is 12.2 Å². The first kappa shape index (κ1) is 15.9. The van der Waals surface area contributed by atoms with E-state index >= 15 is 0 Å². The topological polar surface area (TPSA) is 46.2 Å². The summed E-state index contributed by atoms with van der Waals surface area (Å²) in [6.45, 7) is 4.94. The van der Waals surface area contributed by atoms with Gasteiger partial charge in [0.15, 0.2) is 12.1 Å². The molecular weight excluding hydrogens is 284 g/mol. The first-order valence-corrected chi connectivity index (χ1v) is 7.78. The van der Waals surface area contributed by atoms with Crippen molar-refractivity contribution in [1.29, 1.82) is 0 Å². The summed E-state index contributed by atoms with van der Waals surface area (Å²) in [5, 5.41) is 0. The van der Waals surface area contributed by atoms with Crippen LogP contribution >= 0.6 is 0 Å². The fourth-order valence-corrected chi connectivity index (χ4v) is 2.88. The van der Waals surface area contributed by atoms with E-state index in [1.54, 1.807) is 7.11 Å². The van der Waals surface area contributed by atoms with Crippen molar-refractivity contribution in [3.63, 3.8) is 0 Å². The van der Waals surface area contributed by atoms with Crippen LogP contribution in [0.15, 0.2) is 30.3 Å². The van der Waals surface area contributed by atoms with Gasteiger partial charge in [0.25, 0.3) is 0 Å². The quantitative estimate of drug-likeness (QED) is 0.855. The number of fused-ring (bicyclic) bond motifs is 1. The van der Waals surface area contributed by atoms with Crippen molar-refractivity contribution in [2.24, 2.45) is 0 Å². The van der Waals surface area contributed by atoms with Crippen LogP contribution in [0, 0.1) is 0 Å². The van der Waals surface area contributed by atoms with Gasteiger partial charge in [0.05, 0.1) is 19.3 Å². The van der Waals surface area contributed by atoms with Crippen molar-refractivity contribution in [3.8, 4) is 0 Å². The van der Waals surface area contributed by atoms with Gasteiger partial charge in [0.2, 0.25) is 0 Å². The summed E-state index contributed by atoms with van der Waals surface area (Å²) in [6, 6.07) is 10.0. The fourth-order valence-electron chi connectivity index (χ4n) is 2.88. The Morgan fingerprint density at radius 3 is 2.77 bits per heavy atom. The third-order valence-corrected chi connectivity index (χ3v) is 4.47. The predicted molar refractivity (Wildman–Crippen MR) is 80.2 cm³/mol. The van der Waals surface area contributed by atoms with Crippen LogP contribution in [0.1, 0.15) is 25.8 Å². The van der Waals surface area contributed by atoms with Gasteiger partial charge < -0.3 is 23.7 Å². The summed E-state index contributed by atoms with van der Waals surface area (Å²) in [5.41, 5.74) is 1.11. The van der Waals surface area contributed by atoms with Gasteiger partial charge in [-0.05, 0) is 25.8 Å². The molecule has 0 spiro atoms. The third-order valence-electron chi connectivity index (χ3n) is 4.47. The highest BCUT2D eigenvalue weighted by atomic mass is 16.8. The van der Waals surface area contributed by atoms with Crippen LogP contribution in [0.4, 0.5) is 0 Å². The summed E-state index contributed by atoms with van der Waals surface area (Å²) < 4.78 is 29.4. The molecule has 2 heterocycles. The maximum atomic E-state index is 6.11. The largest absolute Gasteiger partial charge is 0.362 e. The molecule has 1 aromatic rings. The number of benzene rings is 1. The highest BCUT2D eigenvalue weighted by Gasteiger charge is 2.49. The van der Waals surface area contributed by atoms with Gasteiger partial charge in [-0.15, -0.1) is 0 Å². The number of ether oxygens (including phenoxy) is 5. The molecule has 2 fully saturated rings. The fraction of sp³-hybridized carbons (Fsp3) is 0.647. The Kier molecular flexibility index (Phi) is 4.80. The van der Waals surface area contributed by atoms with E-state index in [-0.39, 0.29) is 18.3 Å². The second-order valence-corrected chi connectivity index (χ2v) is 5.94. The van der Waals surface area contributed by atoms with Gasteiger partial charge in [-0.25, -0.2) is 0 Å². The molecule has 0 radical (unpaired) electrons. The maximum Gasteiger partial charge on any atom is 0.191 e. The van der Waals surface area contributed by atoms with Crippen molar-refractivity contribution in [1.82, 2.24) is 0 Å². The second kappa shape index (κ2) is 6.64. The molecule has 0 bridgehead atoms. The van der Waals surface area contributed by atoms with Crippen LogP contribution < -0.4 is 0 Å². The van der Waals surface area contributed by atoms with E-state index in [9.17, 15) is 0 Å². The molecule has 22 heavy (non-hydrogen) atoms. The summed E-state index contributed by atoms with van der Waals surface area (Å²) in [4.78, 5) is 0. The minimum Gasteiger partial charge on any atom is -0.362 e. The molecule has 5 nitrogen and oxygen atoms in total. The van der Waals surface area contributed by atoms with Crippen molar-refractivity contribution in [3.05, 3.63) is 35.9 Å². The summed E-state index contributed by atoms with van der Waals surface area (Å²) in [6.07, 6.45) is -0.126. The molecule has 5 heteroatoms. The Morgan fingerprint density at radius 1 is 1.27 bits per heavy atom. The van der Waals surface area contributed by atoms with E-state index < -0.39 is 12.1 Å². The Labute approximate surface area is 131 Å². The minimum absolute atomic E-state index is 0.0735. The molecule has 1 unspecified atom stereocenters. The average Bonchev–Trinajstić information content (AvgIpc) is 2.55. The first-order valence-electron chi connectivity index (χ1n) is 7.78. The highest BCUT2D eigenvalue weighted by molar-refractivity contribution is 5.13. The predicted octanol–water partition coefficient (Wildman–Crippen LogP) is 2.48. The van der Waals surface area contributed by atoms with E-state index in [1.807, 2.05) is 44.2 Å². The van der Waals surface area contributed by atoms with Crippen LogP contribution in [0.3, 0.4) is 0 Å². The van der Waals surface area contributed by atoms with Crippen LogP contribution in [0.25, 0.3) is 0 Å². The zero-order chi connectivity index (χ0) is 15.6. The number of rotatable bonds is 4. The lowest BCUT2D eigenvalue weighted by Gasteiger charge is -2.49. The molecule has 0 aliphatic carbocycles. The van der Waals surface area contributed by atoms with E-state index in [2.05, 4.69) is 0 Å². The molecule has 5 atom stereocenters. The van der Waals surface area contributed by atoms with Crippen molar-refractivity contribution >= 4 is 0 Å². The van der Waals surface area contributed by atoms with E-state index in [4.69, 9.17) is 23.7 Å². The monoisotopic (exact) mass is 308 g/mol. The summed E-state index contributed by atoms with van der Waals surface area (Å²) in [7, 11) is 1.64. The summed E-state index contributed by atoms with van der Waals surface area (Å²) >= 11 is 0. The molecule has 0 saturated carbocycles. The molecular formula is C17H24O5. The smallest absolute Gasteiger partial charge is 0.191 e. The van der Waals surface area contributed by atoms with Crippen molar-refractivity contribution < 1.29 is 23.7 Å². The SMILES string of the molecule is CO[C@@]1(C)O[C@@H]2CCO[C@@H](OCc3ccccc3)[C@H]2OC1C. The molecule has 2 aliphatic rings. The molecule has 2 aliphatic heterocycles. The minimum atomic E-state index is -0.720. The van der Waals surface area contributed by atoms with Gasteiger partial charge in [-0.3, -0.25) is 0 Å². The van der Waals surface area contributed by atoms with E-state index in [0.717, 1.165) is 12.0 Å². The van der Waals surface area contributed by atoms with E-state index in [0.29, 0.717) is 13.2 Å². The van der Waals surface area contributed by atoms with Crippen LogP contribution in [0.2, 0.25) is 0 Å². The maximum absolute atomic E-state index is 6.11. The molecule has 0 aromatic heterocycles. The first-order chi connectivity index (χ1) is 10.6. The number of hydrogen-bond acceptors (Lipinski definition) is 5. The van der Waals surface area contributed by atoms with Crippen LogP contribution in [-0.4, -0.2) is 44.1 Å². The zero-order valence-corrected chi connectivity index (χ0v) is 13.4. The van der Waals surface area contributed by atoms with Gasteiger partial charge >= 0.3 is 0 Å². The second-order valence-electron chi connectivity index (χ2n) is 5.94. The molecule has 3 rings (SSSR count).